The quantitative estimate of drug-likeness (QED) is 0.452. The molecule has 3 nitrogen and oxygen atoms in total. The summed E-state index contributed by atoms with van der Waals surface area (Å²) in [5.74, 6) is 0.0903. The van der Waals surface area contributed by atoms with Crippen LogP contribution >= 0.6 is 0 Å². The molecule has 1 saturated heterocycles. The van der Waals surface area contributed by atoms with Crippen LogP contribution < -0.4 is 5.73 Å². The van der Waals surface area contributed by atoms with Gasteiger partial charge in [0.1, 0.15) is 6.04 Å². The van der Waals surface area contributed by atoms with Crippen LogP contribution in [0.5, 0.6) is 0 Å². The molecule has 0 aliphatic carbocycles. The van der Waals surface area contributed by atoms with E-state index in [-0.39, 0.29) is 11.9 Å². The van der Waals surface area contributed by atoms with Crippen LogP contribution in [0.4, 0.5) is 0 Å². The lowest BCUT2D eigenvalue weighted by atomic mass is 10.1. The largest absolute Gasteiger partial charge is 0.339 e. The molecule has 0 aromatic carbocycles. The maximum Gasteiger partial charge on any atom is 0.241 e. The van der Waals surface area contributed by atoms with Crippen LogP contribution in [0.1, 0.15) is 6.92 Å². The van der Waals surface area contributed by atoms with Gasteiger partial charge in [-0.3, -0.25) is 4.79 Å². The molecule has 8 heavy (non-hydrogen) atoms. The zero-order valence-corrected chi connectivity index (χ0v) is 4.92. The van der Waals surface area contributed by atoms with Gasteiger partial charge in [0.25, 0.3) is 0 Å². The van der Waals surface area contributed by atoms with Gasteiger partial charge in [-0.2, -0.15) is 0 Å². The molecule has 1 amide bonds. The predicted molar refractivity (Wildman–Crippen MR) is 30.2 cm³/mol. The Labute approximate surface area is 48.5 Å². The lowest BCUT2D eigenvalue weighted by Gasteiger charge is -2.34. The molecule has 1 aliphatic rings. The van der Waals surface area contributed by atoms with Crippen LogP contribution in [-0.4, -0.2) is 29.9 Å². The molecule has 1 rings (SSSR count). The second-order valence-electron chi connectivity index (χ2n) is 1.98. The summed E-state index contributed by atoms with van der Waals surface area (Å²) < 4.78 is 0. The van der Waals surface area contributed by atoms with E-state index in [2.05, 4.69) is 0 Å². The van der Waals surface area contributed by atoms with Crippen molar-refractivity contribution in [3.63, 3.8) is 0 Å². The van der Waals surface area contributed by atoms with E-state index in [0.717, 1.165) is 13.1 Å². The third-order valence-corrected chi connectivity index (χ3v) is 1.43. The van der Waals surface area contributed by atoms with E-state index in [1.165, 1.54) is 0 Å². The van der Waals surface area contributed by atoms with Crippen molar-refractivity contribution in [2.45, 2.75) is 13.0 Å². The van der Waals surface area contributed by atoms with Crippen molar-refractivity contribution in [3.05, 3.63) is 0 Å². The third kappa shape index (κ3) is 0.591. The minimum atomic E-state index is -0.199. The number of nitrogens with zero attached hydrogens (tertiary/aromatic N) is 1. The third-order valence-electron chi connectivity index (χ3n) is 1.43. The Bertz CT molecular complexity index is 113. The highest BCUT2D eigenvalue weighted by molar-refractivity contribution is 5.87. The molecule has 2 N–H and O–H groups in total. The summed E-state index contributed by atoms with van der Waals surface area (Å²) in [6, 6.07) is -0.199. The number of rotatable bonds is 1. The van der Waals surface area contributed by atoms with Crippen molar-refractivity contribution in [3.8, 4) is 0 Å². The van der Waals surface area contributed by atoms with Crippen LogP contribution in [0.15, 0.2) is 0 Å². The maximum atomic E-state index is 10.6. The Morgan fingerprint density at radius 3 is 2.75 bits per heavy atom. The van der Waals surface area contributed by atoms with Gasteiger partial charge in [0.05, 0.1) is 0 Å². The molecule has 0 aromatic heterocycles. The fraction of sp³-hybridized carbons (Fsp3) is 0.800. The van der Waals surface area contributed by atoms with E-state index in [4.69, 9.17) is 5.73 Å². The molecular formula is C5H10N2O. The SMILES string of the molecule is CCN1CC(N)C1=O. The first kappa shape index (κ1) is 5.56. The minimum Gasteiger partial charge on any atom is -0.339 e. The fourth-order valence-electron chi connectivity index (χ4n) is 0.813. The Kier molecular flexibility index (Phi) is 1.21. The van der Waals surface area contributed by atoms with Crippen LogP contribution in [0.2, 0.25) is 0 Å². The van der Waals surface area contributed by atoms with Crippen molar-refractivity contribution >= 4 is 5.91 Å². The molecule has 0 aromatic rings. The number of likely N-dealkylation sites (N-methyl/N-ethyl adjacent to an activating group) is 1. The molecule has 1 atom stereocenters. The van der Waals surface area contributed by atoms with Gasteiger partial charge in [0, 0.05) is 13.1 Å². The van der Waals surface area contributed by atoms with Gasteiger partial charge in [-0.15, -0.1) is 0 Å². The van der Waals surface area contributed by atoms with Crippen molar-refractivity contribution in [1.29, 1.82) is 0 Å². The van der Waals surface area contributed by atoms with Gasteiger partial charge in [0.15, 0.2) is 0 Å². The van der Waals surface area contributed by atoms with E-state index in [1.54, 1.807) is 4.90 Å². The van der Waals surface area contributed by atoms with Gasteiger partial charge >= 0.3 is 0 Å². The summed E-state index contributed by atoms with van der Waals surface area (Å²) in [5, 5.41) is 0. The maximum absolute atomic E-state index is 10.6. The summed E-state index contributed by atoms with van der Waals surface area (Å²) in [6.07, 6.45) is 0. The summed E-state index contributed by atoms with van der Waals surface area (Å²) >= 11 is 0. The monoisotopic (exact) mass is 114 g/mol. The van der Waals surface area contributed by atoms with Crippen LogP contribution in [0.3, 0.4) is 0 Å². The van der Waals surface area contributed by atoms with Gasteiger partial charge in [-0.25, -0.2) is 0 Å². The van der Waals surface area contributed by atoms with E-state index < -0.39 is 0 Å². The minimum absolute atomic E-state index is 0.0903. The zero-order chi connectivity index (χ0) is 6.15. The number of carbonyl (C=O) groups is 1. The molecule has 0 saturated carbocycles. The lowest BCUT2D eigenvalue weighted by Crippen LogP contribution is -2.60. The smallest absolute Gasteiger partial charge is 0.241 e. The molecule has 1 fully saturated rings. The number of hydrogen-bond acceptors (Lipinski definition) is 2. The van der Waals surface area contributed by atoms with Gasteiger partial charge < -0.3 is 10.6 Å². The Morgan fingerprint density at radius 1 is 2.00 bits per heavy atom. The highest BCUT2D eigenvalue weighted by Crippen LogP contribution is 2.05. The molecular weight excluding hydrogens is 104 g/mol. The van der Waals surface area contributed by atoms with E-state index >= 15 is 0 Å². The van der Waals surface area contributed by atoms with Crippen LogP contribution in [0, 0.1) is 0 Å². The molecule has 1 heterocycles. The van der Waals surface area contributed by atoms with Crippen LogP contribution in [0.25, 0.3) is 0 Å². The average Bonchev–Trinajstić information content (AvgIpc) is 1.81. The molecule has 3 heteroatoms. The first-order valence-corrected chi connectivity index (χ1v) is 2.80. The second-order valence-corrected chi connectivity index (χ2v) is 1.98. The van der Waals surface area contributed by atoms with Crippen LogP contribution in [-0.2, 0) is 4.79 Å². The fourth-order valence-corrected chi connectivity index (χ4v) is 0.813. The summed E-state index contributed by atoms with van der Waals surface area (Å²) in [7, 11) is 0. The number of nitrogens with two attached hydrogens (primary N) is 1. The van der Waals surface area contributed by atoms with Gasteiger partial charge in [-0.05, 0) is 6.92 Å². The van der Waals surface area contributed by atoms with Crippen molar-refractivity contribution < 1.29 is 4.79 Å². The highest BCUT2D eigenvalue weighted by atomic mass is 16.2. The average molecular weight is 114 g/mol. The highest BCUT2D eigenvalue weighted by Gasteiger charge is 2.31. The molecule has 1 unspecified atom stereocenters. The Balaban J connectivity index is 2.36. The Hall–Kier alpha value is -0.570. The number of likely N-dealkylation sites (tertiary alicyclic amines) is 1. The number of β-lactam (4-membered cyclic amide) rings is 1. The number of carbonyl (C=O) groups excluding carboxylic acids is 1. The lowest BCUT2D eigenvalue weighted by molar-refractivity contribution is -0.141. The zero-order valence-electron chi connectivity index (χ0n) is 4.92. The first-order chi connectivity index (χ1) is 3.75. The molecule has 46 valence electrons. The second kappa shape index (κ2) is 1.74. The first-order valence-electron chi connectivity index (χ1n) is 2.80. The number of amides is 1. The molecule has 0 radical (unpaired) electrons. The normalized spacial score (nSPS) is 28.0. The van der Waals surface area contributed by atoms with Crippen molar-refractivity contribution in [2.75, 3.05) is 13.1 Å². The topological polar surface area (TPSA) is 46.3 Å². The van der Waals surface area contributed by atoms with Gasteiger partial charge in [-0.1, -0.05) is 0 Å². The molecule has 0 spiro atoms. The summed E-state index contributed by atoms with van der Waals surface area (Å²) in [6.45, 7) is 3.49. The van der Waals surface area contributed by atoms with Crippen molar-refractivity contribution in [2.24, 2.45) is 5.73 Å². The number of hydrogen-bond donors (Lipinski definition) is 1. The summed E-state index contributed by atoms with van der Waals surface area (Å²) in [4.78, 5) is 12.3. The predicted octanol–water partition coefficient (Wildman–Crippen LogP) is -0.824. The van der Waals surface area contributed by atoms with E-state index in [9.17, 15) is 4.79 Å². The van der Waals surface area contributed by atoms with E-state index in [0.29, 0.717) is 0 Å². The van der Waals surface area contributed by atoms with E-state index in [1.807, 2.05) is 6.92 Å². The Morgan fingerprint density at radius 2 is 2.62 bits per heavy atom. The molecule has 0 bridgehead atoms. The van der Waals surface area contributed by atoms with Gasteiger partial charge in [0.2, 0.25) is 5.91 Å². The van der Waals surface area contributed by atoms with Crippen molar-refractivity contribution in [1.82, 2.24) is 4.90 Å². The molecule has 1 aliphatic heterocycles. The standard InChI is InChI=1S/C5H10N2O/c1-2-7-3-4(6)5(7)8/h4H,2-3,6H2,1H3. The summed E-state index contributed by atoms with van der Waals surface area (Å²) in [5.41, 5.74) is 5.30.